The maximum absolute atomic E-state index is 10.2. The fraction of sp³-hybridized carbons (Fsp3) is 0.357. The van der Waals surface area contributed by atoms with Crippen LogP contribution in [-0.4, -0.2) is 14.9 Å². The summed E-state index contributed by atoms with van der Waals surface area (Å²) in [5.74, 6) is 0. The topological polar surface area (TPSA) is 38.1 Å². The number of hydrogen-bond acceptors (Lipinski definition) is 2. The first kappa shape index (κ1) is 13.1. The molecule has 2 rings (SSSR count). The summed E-state index contributed by atoms with van der Waals surface area (Å²) in [6, 6.07) is 7.88. The van der Waals surface area contributed by atoms with E-state index in [0.29, 0.717) is 11.6 Å². The highest BCUT2D eigenvalue weighted by molar-refractivity contribution is 6.30. The monoisotopic (exact) mass is 264 g/mol. The summed E-state index contributed by atoms with van der Waals surface area (Å²) < 4.78 is 1.63. The summed E-state index contributed by atoms with van der Waals surface area (Å²) in [5, 5.41) is 15.1. The quantitative estimate of drug-likeness (QED) is 0.926. The molecule has 1 heterocycles. The Morgan fingerprint density at radius 3 is 2.39 bits per heavy atom. The molecule has 0 bridgehead atoms. The average molecular weight is 265 g/mol. The Morgan fingerprint density at radius 1 is 1.28 bits per heavy atom. The second-order valence-electron chi connectivity index (χ2n) is 4.61. The molecular weight excluding hydrogens is 248 g/mol. The minimum atomic E-state index is -0.550. The van der Waals surface area contributed by atoms with Crippen molar-refractivity contribution in [3.63, 3.8) is 0 Å². The first-order valence-electron chi connectivity index (χ1n) is 5.91. The number of halogens is 1. The van der Waals surface area contributed by atoms with Crippen LogP contribution in [-0.2, 0) is 13.5 Å². The fourth-order valence-electron chi connectivity index (χ4n) is 2.01. The minimum Gasteiger partial charge on any atom is -0.388 e. The van der Waals surface area contributed by atoms with Gasteiger partial charge in [-0.3, -0.25) is 4.68 Å². The first-order chi connectivity index (χ1) is 8.49. The van der Waals surface area contributed by atoms with Crippen LogP contribution in [0.15, 0.2) is 24.3 Å². The van der Waals surface area contributed by atoms with Gasteiger partial charge in [0, 0.05) is 19.0 Å². The number of nitrogens with zero attached hydrogens (tertiary/aromatic N) is 2. The molecule has 0 aliphatic rings. The van der Waals surface area contributed by atoms with E-state index in [2.05, 4.69) is 5.10 Å². The summed E-state index contributed by atoms with van der Waals surface area (Å²) in [5.41, 5.74) is 3.86. The molecule has 0 saturated heterocycles. The third-order valence-corrected chi connectivity index (χ3v) is 3.60. The van der Waals surface area contributed by atoms with Crippen molar-refractivity contribution >= 4 is 11.6 Å². The normalized spacial score (nSPS) is 12.7. The van der Waals surface area contributed by atoms with Gasteiger partial charge in [-0.25, -0.2) is 0 Å². The Labute approximate surface area is 112 Å². The van der Waals surface area contributed by atoms with Crippen molar-refractivity contribution in [2.24, 2.45) is 7.05 Å². The van der Waals surface area contributed by atoms with Crippen LogP contribution in [0.2, 0.25) is 5.15 Å². The molecule has 0 aliphatic carbocycles. The summed E-state index contributed by atoms with van der Waals surface area (Å²) >= 11 is 6.16. The Morgan fingerprint density at radius 2 is 1.89 bits per heavy atom. The lowest BCUT2D eigenvalue weighted by Crippen LogP contribution is -2.02. The van der Waals surface area contributed by atoms with E-state index in [1.807, 2.05) is 38.1 Å². The molecule has 0 amide bonds. The summed E-state index contributed by atoms with van der Waals surface area (Å²) in [7, 11) is 1.80. The molecular formula is C14H17ClN2O. The molecule has 96 valence electrons. The molecule has 0 saturated carbocycles. The fourth-order valence-corrected chi connectivity index (χ4v) is 2.26. The van der Waals surface area contributed by atoms with Crippen LogP contribution in [0.3, 0.4) is 0 Å². The molecule has 4 heteroatoms. The van der Waals surface area contributed by atoms with Crippen molar-refractivity contribution in [3.8, 4) is 0 Å². The lowest BCUT2D eigenvalue weighted by atomic mass is 10.0. The number of rotatable bonds is 3. The second kappa shape index (κ2) is 5.12. The zero-order valence-corrected chi connectivity index (χ0v) is 11.6. The molecule has 1 aromatic carbocycles. The number of aliphatic hydroxyl groups excluding tert-OH is 1. The molecule has 0 fully saturated rings. The largest absolute Gasteiger partial charge is 0.388 e. The smallest absolute Gasteiger partial charge is 0.130 e. The SMILES string of the molecule is Cc1ccc(C(O)Cc2c(C)nn(C)c2Cl)cc1. The molecule has 0 radical (unpaired) electrons. The summed E-state index contributed by atoms with van der Waals surface area (Å²) in [6.45, 7) is 3.93. The van der Waals surface area contributed by atoms with Crippen molar-refractivity contribution in [1.82, 2.24) is 9.78 Å². The highest BCUT2D eigenvalue weighted by atomic mass is 35.5. The molecule has 0 aliphatic heterocycles. The van der Waals surface area contributed by atoms with Crippen LogP contribution in [0.1, 0.15) is 28.5 Å². The van der Waals surface area contributed by atoms with Gasteiger partial charge in [-0.1, -0.05) is 41.4 Å². The van der Waals surface area contributed by atoms with Gasteiger partial charge >= 0.3 is 0 Å². The van der Waals surface area contributed by atoms with Crippen molar-refractivity contribution in [2.45, 2.75) is 26.4 Å². The van der Waals surface area contributed by atoms with Gasteiger partial charge in [0.25, 0.3) is 0 Å². The Balaban J connectivity index is 2.21. The van der Waals surface area contributed by atoms with Gasteiger partial charge in [0.2, 0.25) is 0 Å². The first-order valence-corrected chi connectivity index (χ1v) is 6.29. The van der Waals surface area contributed by atoms with E-state index in [-0.39, 0.29) is 0 Å². The van der Waals surface area contributed by atoms with Crippen LogP contribution >= 0.6 is 11.6 Å². The number of hydrogen-bond donors (Lipinski definition) is 1. The van der Waals surface area contributed by atoms with Gasteiger partial charge in [0.1, 0.15) is 5.15 Å². The van der Waals surface area contributed by atoms with Gasteiger partial charge in [0.15, 0.2) is 0 Å². The Hall–Kier alpha value is -1.32. The third kappa shape index (κ3) is 2.57. The standard InChI is InChI=1S/C14H17ClN2O/c1-9-4-6-11(7-5-9)13(18)8-12-10(2)16-17(3)14(12)15/h4-7,13,18H,8H2,1-3H3. The van der Waals surface area contributed by atoms with Crippen LogP contribution in [0, 0.1) is 13.8 Å². The highest BCUT2D eigenvalue weighted by Gasteiger charge is 2.16. The van der Waals surface area contributed by atoms with Crippen LogP contribution in [0.5, 0.6) is 0 Å². The van der Waals surface area contributed by atoms with Crippen molar-refractivity contribution in [2.75, 3.05) is 0 Å². The van der Waals surface area contributed by atoms with E-state index in [4.69, 9.17) is 11.6 Å². The Kier molecular flexibility index (Phi) is 3.73. The number of aromatic nitrogens is 2. The molecule has 18 heavy (non-hydrogen) atoms. The van der Waals surface area contributed by atoms with Gasteiger partial charge in [-0.2, -0.15) is 5.10 Å². The van der Waals surface area contributed by atoms with Crippen molar-refractivity contribution < 1.29 is 5.11 Å². The molecule has 1 unspecified atom stereocenters. The average Bonchev–Trinajstić information content (AvgIpc) is 2.57. The highest BCUT2D eigenvalue weighted by Crippen LogP contribution is 2.25. The summed E-state index contributed by atoms with van der Waals surface area (Å²) in [6.07, 6.45) is -0.0623. The second-order valence-corrected chi connectivity index (χ2v) is 4.97. The molecule has 3 nitrogen and oxygen atoms in total. The predicted molar refractivity (Wildman–Crippen MR) is 72.8 cm³/mol. The number of aliphatic hydroxyl groups is 1. The summed E-state index contributed by atoms with van der Waals surface area (Å²) in [4.78, 5) is 0. The van der Waals surface area contributed by atoms with Gasteiger partial charge < -0.3 is 5.11 Å². The van der Waals surface area contributed by atoms with Crippen molar-refractivity contribution in [1.29, 1.82) is 0 Å². The third-order valence-electron chi connectivity index (χ3n) is 3.13. The van der Waals surface area contributed by atoms with Crippen LogP contribution in [0.4, 0.5) is 0 Å². The van der Waals surface area contributed by atoms with E-state index in [1.165, 1.54) is 5.56 Å². The maximum Gasteiger partial charge on any atom is 0.130 e. The predicted octanol–water partition coefficient (Wildman–Crippen LogP) is 2.97. The zero-order chi connectivity index (χ0) is 13.3. The molecule has 0 spiro atoms. The number of benzene rings is 1. The van der Waals surface area contributed by atoms with E-state index in [0.717, 1.165) is 16.8 Å². The Bertz CT molecular complexity index is 546. The van der Waals surface area contributed by atoms with Gasteiger partial charge in [0.05, 0.1) is 11.8 Å². The molecule has 1 aromatic heterocycles. The van der Waals surface area contributed by atoms with E-state index in [1.54, 1.807) is 11.7 Å². The maximum atomic E-state index is 10.2. The van der Waals surface area contributed by atoms with E-state index in [9.17, 15) is 5.11 Å². The van der Waals surface area contributed by atoms with E-state index < -0.39 is 6.10 Å². The lowest BCUT2D eigenvalue weighted by Gasteiger charge is -2.11. The van der Waals surface area contributed by atoms with Gasteiger partial charge in [-0.15, -0.1) is 0 Å². The number of aryl methyl sites for hydroxylation is 3. The van der Waals surface area contributed by atoms with Crippen molar-refractivity contribution in [3.05, 3.63) is 51.8 Å². The van der Waals surface area contributed by atoms with Crippen LogP contribution in [0.25, 0.3) is 0 Å². The van der Waals surface area contributed by atoms with E-state index >= 15 is 0 Å². The zero-order valence-electron chi connectivity index (χ0n) is 10.8. The van der Waals surface area contributed by atoms with Crippen LogP contribution < -0.4 is 0 Å². The van der Waals surface area contributed by atoms with Gasteiger partial charge in [-0.05, 0) is 19.4 Å². The minimum absolute atomic E-state index is 0.488. The molecule has 2 aromatic rings. The lowest BCUT2D eigenvalue weighted by molar-refractivity contribution is 0.178. The molecule has 1 N–H and O–H groups in total. The molecule has 1 atom stereocenters.